The van der Waals surface area contributed by atoms with Crippen LogP contribution in [0.2, 0.25) is 0 Å². The molecule has 0 unspecified atom stereocenters. The molecule has 2 aromatic rings. The maximum atomic E-state index is 11.1. The number of nitrogens with zero attached hydrogens (tertiary/aromatic N) is 1. The summed E-state index contributed by atoms with van der Waals surface area (Å²) in [6.45, 7) is 0. The molecule has 0 saturated carbocycles. The van der Waals surface area contributed by atoms with Gasteiger partial charge in [-0.2, -0.15) is 0 Å². The Kier molecular flexibility index (Phi) is 4.03. The van der Waals surface area contributed by atoms with Crippen molar-refractivity contribution < 1.29 is 24.3 Å². The number of aromatic carboxylic acids is 1. The minimum absolute atomic E-state index is 0.169. The molecule has 0 aromatic heterocycles. The van der Waals surface area contributed by atoms with Crippen LogP contribution in [0.1, 0.15) is 10.4 Å². The van der Waals surface area contributed by atoms with E-state index in [2.05, 4.69) is 0 Å². The summed E-state index contributed by atoms with van der Waals surface area (Å²) in [4.78, 5) is 21.1. The fourth-order valence-electron chi connectivity index (χ4n) is 1.74. The molecule has 0 heterocycles. The molecule has 0 aliphatic heterocycles. The van der Waals surface area contributed by atoms with E-state index in [1.807, 2.05) is 0 Å². The number of nitro groups is 1. The van der Waals surface area contributed by atoms with Crippen molar-refractivity contribution >= 4 is 11.7 Å². The van der Waals surface area contributed by atoms with Gasteiger partial charge in [-0.1, -0.05) is 12.1 Å². The van der Waals surface area contributed by atoms with Gasteiger partial charge in [-0.3, -0.25) is 10.1 Å². The zero-order valence-electron chi connectivity index (χ0n) is 11.0. The second-order valence-corrected chi connectivity index (χ2v) is 3.99. The molecule has 7 heteroatoms. The molecule has 0 saturated heterocycles. The first-order valence-electron chi connectivity index (χ1n) is 5.85. The first-order valence-corrected chi connectivity index (χ1v) is 5.85. The normalized spacial score (nSPS) is 9.95. The summed E-state index contributed by atoms with van der Waals surface area (Å²) < 4.78 is 10.6. The average Bonchev–Trinajstić information content (AvgIpc) is 2.47. The van der Waals surface area contributed by atoms with Crippen molar-refractivity contribution in [2.45, 2.75) is 0 Å². The van der Waals surface area contributed by atoms with Gasteiger partial charge in [0.1, 0.15) is 11.3 Å². The van der Waals surface area contributed by atoms with Crippen LogP contribution in [0.4, 0.5) is 5.69 Å². The molecule has 0 fully saturated rings. The number of benzene rings is 2. The Morgan fingerprint density at radius 3 is 2.43 bits per heavy atom. The fraction of sp³-hybridized carbons (Fsp3) is 0.0714. The van der Waals surface area contributed by atoms with Gasteiger partial charge in [-0.25, -0.2) is 4.79 Å². The lowest BCUT2D eigenvalue weighted by Gasteiger charge is -2.10. The van der Waals surface area contributed by atoms with E-state index in [0.717, 1.165) is 12.1 Å². The van der Waals surface area contributed by atoms with E-state index in [0.29, 0.717) is 11.5 Å². The zero-order chi connectivity index (χ0) is 15.4. The third kappa shape index (κ3) is 3.08. The van der Waals surface area contributed by atoms with Crippen molar-refractivity contribution in [3.8, 4) is 17.2 Å². The maximum Gasteiger partial charge on any atom is 0.342 e. The molecular formula is C14H11NO6. The number of carboxylic acids is 1. The molecule has 0 bridgehead atoms. The SMILES string of the molecule is COc1ccccc1Oc1ccc([N+](=O)[O-])c(C(=O)O)c1. The van der Waals surface area contributed by atoms with Gasteiger partial charge in [-0.05, 0) is 18.2 Å². The summed E-state index contributed by atoms with van der Waals surface area (Å²) in [6.07, 6.45) is 0. The quantitative estimate of drug-likeness (QED) is 0.670. The van der Waals surface area contributed by atoms with Crippen molar-refractivity contribution in [2.24, 2.45) is 0 Å². The molecular weight excluding hydrogens is 278 g/mol. The highest BCUT2D eigenvalue weighted by Crippen LogP contribution is 2.33. The summed E-state index contributed by atoms with van der Waals surface area (Å²) >= 11 is 0. The van der Waals surface area contributed by atoms with Crippen LogP contribution in [-0.4, -0.2) is 23.1 Å². The number of carbonyl (C=O) groups is 1. The second kappa shape index (κ2) is 5.91. The van der Waals surface area contributed by atoms with Crippen molar-refractivity contribution in [3.63, 3.8) is 0 Å². The lowest BCUT2D eigenvalue weighted by Crippen LogP contribution is -2.03. The number of rotatable bonds is 5. The molecule has 2 aromatic carbocycles. The van der Waals surface area contributed by atoms with Crippen LogP contribution in [0.15, 0.2) is 42.5 Å². The van der Waals surface area contributed by atoms with Gasteiger partial charge in [-0.15, -0.1) is 0 Å². The van der Waals surface area contributed by atoms with E-state index < -0.39 is 22.1 Å². The molecule has 0 amide bonds. The maximum absolute atomic E-state index is 11.1. The Hall–Kier alpha value is -3.09. The summed E-state index contributed by atoms with van der Waals surface area (Å²) in [7, 11) is 1.47. The van der Waals surface area contributed by atoms with E-state index >= 15 is 0 Å². The Balaban J connectivity index is 2.39. The number of carboxylic acid groups (broad SMARTS) is 1. The third-order valence-electron chi connectivity index (χ3n) is 2.69. The van der Waals surface area contributed by atoms with Gasteiger partial charge < -0.3 is 14.6 Å². The number of methoxy groups -OCH3 is 1. The Bertz CT molecular complexity index is 698. The Morgan fingerprint density at radius 1 is 1.19 bits per heavy atom. The number of ether oxygens (including phenoxy) is 2. The summed E-state index contributed by atoms with van der Waals surface area (Å²) in [5, 5.41) is 19.8. The predicted octanol–water partition coefficient (Wildman–Crippen LogP) is 3.09. The predicted molar refractivity (Wildman–Crippen MR) is 73.1 cm³/mol. The standard InChI is InChI=1S/C14H11NO6/c1-20-12-4-2-3-5-13(12)21-9-6-7-11(15(18)19)10(8-9)14(16)17/h2-8H,1H3,(H,16,17). The highest BCUT2D eigenvalue weighted by Gasteiger charge is 2.20. The van der Waals surface area contributed by atoms with Gasteiger partial charge in [0.05, 0.1) is 12.0 Å². The van der Waals surface area contributed by atoms with Crippen LogP contribution in [-0.2, 0) is 0 Å². The Morgan fingerprint density at radius 2 is 1.86 bits per heavy atom. The summed E-state index contributed by atoms with van der Waals surface area (Å²) in [5.41, 5.74) is -0.928. The number of hydrogen-bond donors (Lipinski definition) is 1. The molecule has 0 spiro atoms. The van der Waals surface area contributed by atoms with E-state index in [-0.39, 0.29) is 5.75 Å². The van der Waals surface area contributed by atoms with Crippen LogP contribution in [0.25, 0.3) is 0 Å². The summed E-state index contributed by atoms with van der Waals surface area (Å²) in [5.74, 6) is -0.382. The van der Waals surface area contributed by atoms with Crippen LogP contribution in [0.5, 0.6) is 17.2 Å². The third-order valence-corrected chi connectivity index (χ3v) is 2.69. The molecule has 0 radical (unpaired) electrons. The molecule has 21 heavy (non-hydrogen) atoms. The first kappa shape index (κ1) is 14.3. The number of nitro benzene ring substituents is 1. The highest BCUT2D eigenvalue weighted by molar-refractivity contribution is 5.92. The van der Waals surface area contributed by atoms with Crippen LogP contribution in [0, 0.1) is 10.1 Å². The van der Waals surface area contributed by atoms with E-state index in [1.165, 1.54) is 13.2 Å². The minimum Gasteiger partial charge on any atom is -0.493 e. The van der Waals surface area contributed by atoms with Crippen molar-refractivity contribution in [3.05, 3.63) is 58.1 Å². The van der Waals surface area contributed by atoms with Crippen LogP contribution >= 0.6 is 0 Å². The van der Waals surface area contributed by atoms with Gasteiger partial charge in [0.15, 0.2) is 11.5 Å². The van der Waals surface area contributed by atoms with E-state index in [9.17, 15) is 14.9 Å². The fourth-order valence-corrected chi connectivity index (χ4v) is 1.74. The molecule has 108 valence electrons. The molecule has 0 aliphatic carbocycles. The Labute approximate surface area is 119 Å². The smallest absolute Gasteiger partial charge is 0.342 e. The van der Waals surface area contributed by atoms with Gasteiger partial charge >= 0.3 is 5.97 Å². The second-order valence-electron chi connectivity index (χ2n) is 3.99. The number of hydrogen-bond acceptors (Lipinski definition) is 5. The minimum atomic E-state index is -1.40. The zero-order valence-corrected chi connectivity index (χ0v) is 11.0. The van der Waals surface area contributed by atoms with Gasteiger partial charge in [0.25, 0.3) is 5.69 Å². The molecule has 0 aliphatic rings. The van der Waals surface area contributed by atoms with Crippen molar-refractivity contribution in [2.75, 3.05) is 7.11 Å². The lowest BCUT2D eigenvalue weighted by molar-refractivity contribution is -0.385. The molecule has 2 rings (SSSR count). The molecule has 0 atom stereocenters. The topological polar surface area (TPSA) is 98.9 Å². The van der Waals surface area contributed by atoms with E-state index in [1.54, 1.807) is 24.3 Å². The first-order chi connectivity index (χ1) is 10.0. The van der Waals surface area contributed by atoms with Crippen LogP contribution in [0.3, 0.4) is 0 Å². The van der Waals surface area contributed by atoms with Gasteiger partial charge in [0.2, 0.25) is 0 Å². The van der Waals surface area contributed by atoms with Gasteiger partial charge in [0, 0.05) is 12.1 Å². The summed E-state index contributed by atoms with van der Waals surface area (Å²) in [6, 6.07) is 10.3. The van der Waals surface area contributed by atoms with E-state index in [4.69, 9.17) is 14.6 Å². The van der Waals surface area contributed by atoms with Crippen molar-refractivity contribution in [1.82, 2.24) is 0 Å². The number of para-hydroxylation sites is 2. The average molecular weight is 289 g/mol. The lowest BCUT2D eigenvalue weighted by atomic mass is 10.1. The van der Waals surface area contributed by atoms with Crippen molar-refractivity contribution in [1.29, 1.82) is 0 Å². The largest absolute Gasteiger partial charge is 0.493 e. The monoisotopic (exact) mass is 289 g/mol. The molecule has 1 N–H and O–H groups in total. The van der Waals surface area contributed by atoms with Crippen LogP contribution < -0.4 is 9.47 Å². The molecule has 7 nitrogen and oxygen atoms in total. The highest BCUT2D eigenvalue weighted by atomic mass is 16.6.